The third kappa shape index (κ3) is 4.35. The van der Waals surface area contributed by atoms with Gasteiger partial charge in [0.05, 0.1) is 8.07 Å². The molecular formula is C20H20NOP. The lowest BCUT2D eigenvalue weighted by atomic mass is 10.1. The van der Waals surface area contributed by atoms with Gasteiger partial charge in [-0.1, -0.05) is 91.0 Å². The molecule has 3 aromatic carbocycles. The number of hydrogen-bond acceptors (Lipinski definition) is 1. The molecule has 0 amide bonds. The van der Waals surface area contributed by atoms with E-state index >= 15 is 0 Å². The Balaban J connectivity index is 0.00000192. The van der Waals surface area contributed by atoms with Crippen molar-refractivity contribution in [3.8, 4) is 0 Å². The summed E-state index contributed by atoms with van der Waals surface area (Å²) in [5.74, 6) is 0. The molecule has 0 unspecified atom stereocenters. The highest BCUT2D eigenvalue weighted by atomic mass is 31.1. The Bertz CT molecular complexity index is 703. The van der Waals surface area contributed by atoms with E-state index < -0.39 is 8.07 Å². The minimum Gasteiger partial charge on any atom is -0.412 e. The summed E-state index contributed by atoms with van der Waals surface area (Å²) in [5, 5.41) is 2.55. The van der Waals surface area contributed by atoms with Gasteiger partial charge in [0.1, 0.15) is 0 Å². The van der Waals surface area contributed by atoms with E-state index in [2.05, 4.69) is 91.9 Å². The zero-order valence-corrected chi connectivity index (χ0v) is 13.9. The summed E-state index contributed by atoms with van der Waals surface area (Å²) < 4.78 is 5.07. The maximum Gasteiger partial charge on any atom is 0.0783 e. The van der Waals surface area contributed by atoms with Gasteiger partial charge >= 0.3 is 0 Å². The van der Waals surface area contributed by atoms with E-state index in [0.717, 1.165) is 5.71 Å². The lowest BCUT2D eigenvalue weighted by Gasteiger charge is -2.15. The molecule has 0 aliphatic heterocycles. The molecule has 23 heavy (non-hydrogen) atoms. The second kappa shape index (κ2) is 8.38. The van der Waals surface area contributed by atoms with Crippen molar-refractivity contribution >= 4 is 24.4 Å². The standard InChI is InChI=1S/C20H18NP.H2O/c1-17(18-11-5-2-6-12-18)21-22(19-13-7-3-8-14-19)20-15-9-4-10-16-20;/h2-16H,1H3;1H2/b21-17+;. The van der Waals surface area contributed by atoms with Crippen LogP contribution in [0.5, 0.6) is 0 Å². The highest BCUT2D eigenvalue weighted by molar-refractivity contribution is 7.72. The maximum atomic E-state index is 5.07. The van der Waals surface area contributed by atoms with Crippen LogP contribution in [0.1, 0.15) is 12.5 Å². The smallest absolute Gasteiger partial charge is 0.0783 e. The van der Waals surface area contributed by atoms with E-state index in [1.54, 1.807) is 0 Å². The topological polar surface area (TPSA) is 43.9 Å². The zero-order chi connectivity index (χ0) is 15.2. The molecule has 0 aliphatic rings. The minimum atomic E-state index is -0.726. The van der Waals surface area contributed by atoms with Crippen LogP contribution in [0, 0.1) is 0 Å². The largest absolute Gasteiger partial charge is 0.412 e. The highest BCUT2D eigenvalue weighted by Crippen LogP contribution is 2.35. The van der Waals surface area contributed by atoms with Crippen LogP contribution in [0.2, 0.25) is 0 Å². The molecule has 0 bridgehead atoms. The van der Waals surface area contributed by atoms with Crippen LogP contribution in [0.25, 0.3) is 0 Å². The molecule has 0 spiro atoms. The zero-order valence-electron chi connectivity index (χ0n) is 13.1. The second-order valence-corrected chi connectivity index (χ2v) is 6.89. The molecule has 116 valence electrons. The van der Waals surface area contributed by atoms with Gasteiger partial charge < -0.3 is 5.48 Å². The molecule has 3 aromatic rings. The average Bonchev–Trinajstić information content (AvgIpc) is 2.62. The Kier molecular flexibility index (Phi) is 6.22. The number of hydrogen-bond donors (Lipinski definition) is 0. The fraction of sp³-hybridized carbons (Fsp3) is 0.0500. The van der Waals surface area contributed by atoms with Crippen LogP contribution in [-0.2, 0) is 0 Å². The van der Waals surface area contributed by atoms with Crippen LogP contribution in [0.3, 0.4) is 0 Å². The van der Waals surface area contributed by atoms with Crippen LogP contribution in [0.4, 0.5) is 0 Å². The number of nitrogens with zero attached hydrogens (tertiary/aromatic N) is 1. The first-order valence-corrected chi connectivity index (χ1v) is 8.65. The quantitative estimate of drug-likeness (QED) is 0.519. The van der Waals surface area contributed by atoms with Crippen molar-refractivity contribution in [3.05, 3.63) is 96.6 Å². The summed E-state index contributed by atoms with van der Waals surface area (Å²) in [6.07, 6.45) is 0. The Labute approximate surface area is 138 Å². The minimum absolute atomic E-state index is 0. The SMILES string of the molecule is C/C(=N\P(c1ccccc1)c1ccccc1)c1ccccc1.O. The lowest BCUT2D eigenvalue weighted by Crippen LogP contribution is -2.11. The first-order chi connectivity index (χ1) is 10.8. The van der Waals surface area contributed by atoms with E-state index in [9.17, 15) is 0 Å². The Morgan fingerprint density at radius 3 is 1.48 bits per heavy atom. The van der Waals surface area contributed by atoms with Gasteiger partial charge in [0.2, 0.25) is 0 Å². The molecule has 0 fully saturated rings. The first-order valence-electron chi connectivity index (χ1n) is 7.35. The Morgan fingerprint density at radius 1 is 0.652 bits per heavy atom. The van der Waals surface area contributed by atoms with Gasteiger partial charge in [-0.25, -0.2) is 0 Å². The lowest BCUT2D eigenvalue weighted by molar-refractivity contribution is 0.824. The predicted molar refractivity (Wildman–Crippen MR) is 101 cm³/mol. The van der Waals surface area contributed by atoms with Gasteiger partial charge in [-0.3, -0.25) is 4.76 Å². The monoisotopic (exact) mass is 321 g/mol. The number of benzene rings is 3. The summed E-state index contributed by atoms with van der Waals surface area (Å²) in [6, 6.07) is 31.5. The number of rotatable bonds is 4. The van der Waals surface area contributed by atoms with Crippen molar-refractivity contribution in [2.24, 2.45) is 4.76 Å². The summed E-state index contributed by atoms with van der Waals surface area (Å²) in [4.78, 5) is 0. The van der Waals surface area contributed by atoms with Crippen LogP contribution < -0.4 is 10.6 Å². The van der Waals surface area contributed by atoms with Gasteiger partial charge in [0, 0.05) is 16.3 Å². The van der Waals surface area contributed by atoms with Gasteiger partial charge in [-0.15, -0.1) is 0 Å². The molecule has 0 aromatic heterocycles. The Morgan fingerprint density at radius 2 is 1.04 bits per heavy atom. The fourth-order valence-corrected chi connectivity index (χ4v) is 4.14. The molecule has 0 saturated heterocycles. The highest BCUT2D eigenvalue weighted by Gasteiger charge is 2.13. The molecule has 3 heteroatoms. The molecule has 0 saturated carbocycles. The summed E-state index contributed by atoms with van der Waals surface area (Å²) in [5.41, 5.74) is 2.27. The van der Waals surface area contributed by atoms with E-state index in [0.29, 0.717) is 0 Å². The van der Waals surface area contributed by atoms with Crippen molar-refractivity contribution < 1.29 is 5.48 Å². The van der Waals surface area contributed by atoms with Gasteiger partial charge in [-0.2, -0.15) is 0 Å². The molecule has 3 rings (SSSR count). The molecule has 0 radical (unpaired) electrons. The van der Waals surface area contributed by atoms with Gasteiger partial charge in [0.25, 0.3) is 0 Å². The van der Waals surface area contributed by atoms with E-state index in [-0.39, 0.29) is 5.48 Å². The molecule has 0 atom stereocenters. The molecular weight excluding hydrogens is 301 g/mol. The maximum absolute atomic E-state index is 5.07. The second-order valence-electron chi connectivity index (χ2n) is 5.03. The Hall–Kier alpha value is -2.28. The van der Waals surface area contributed by atoms with Crippen molar-refractivity contribution in [2.75, 3.05) is 0 Å². The van der Waals surface area contributed by atoms with Gasteiger partial charge in [-0.05, 0) is 12.5 Å². The summed E-state index contributed by atoms with van der Waals surface area (Å²) in [6.45, 7) is 2.09. The summed E-state index contributed by atoms with van der Waals surface area (Å²) in [7, 11) is -0.726. The van der Waals surface area contributed by atoms with Crippen molar-refractivity contribution in [1.29, 1.82) is 0 Å². The molecule has 0 heterocycles. The van der Waals surface area contributed by atoms with Crippen LogP contribution >= 0.6 is 8.07 Å². The van der Waals surface area contributed by atoms with E-state index in [4.69, 9.17) is 4.76 Å². The molecule has 0 aliphatic carbocycles. The van der Waals surface area contributed by atoms with Crippen molar-refractivity contribution in [2.45, 2.75) is 6.92 Å². The molecule has 2 N–H and O–H groups in total. The predicted octanol–water partition coefficient (Wildman–Crippen LogP) is 3.72. The van der Waals surface area contributed by atoms with E-state index in [1.165, 1.54) is 16.2 Å². The third-order valence-electron chi connectivity index (χ3n) is 3.44. The third-order valence-corrected chi connectivity index (χ3v) is 5.52. The van der Waals surface area contributed by atoms with Gasteiger partial charge in [0.15, 0.2) is 0 Å². The van der Waals surface area contributed by atoms with Crippen LogP contribution in [0.15, 0.2) is 95.8 Å². The fourth-order valence-electron chi connectivity index (χ4n) is 2.29. The van der Waals surface area contributed by atoms with Crippen LogP contribution in [-0.4, -0.2) is 11.2 Å². The molecule has 2 nitrogen and oxygen atoms in total. The summed E-state index contributed by atoms with van der Waals surface area (Å²) >= 11 is 0. The first kappa shape index (κ1) is 17.1. The van der Waals surface area contributed by atoms with Crippen molar-refractivity contribution in [3.63, 3.8) is 0 Å². The van der Waals surface area contributed by atoms with E-state index in [1.807, 2.05) is 6.07 Å². The average molecular weight is 321 g/mol. The normalized spacial score (nSPS) is 11.1. The van der Waals surface area contributed by atoms with Crippen molar-refractivity contribution in [1.82, 2.24) is 0 Å².